The minimum atomic E-state index is 0.0138. The van der Waals surface area contributed by atoms with E-state index in [4.69, 9.17) is 4.74 Å². The summed E-state index contributed by atoms with van der Waals surface area (Å²) in [6, 6.07) is 10.7. The fourth-order valence-corrected chi connectivity index (χ4v) is 5.74. The van der Waals surface area contributed by atoms with Crippen molar-refractivity contribution in [1.29, 1.82) is 0 Å². The largest absolute Gasteiger partial charge is 0.465 e. The number of carbonyl (C=O) groups is 1. The van der Waals surface area contributed by atoms with E-state index >= 15 is 0 Å². The summed E-state index contributed by atoms with van der Waals surface area (Å²) in [4.78, 5) is 12.5. The summed E-state index contributed by atoms with van der Waals surface area (Å²) in [5, 5.41) is 0. The lowest BCUT2D eigenvalue weighted by Gasteiger charge is -2.29. The van der Waals surface area contributed by atoms with Gasteiger partial charge in [0.25, 0.3) is 0 Å². The van der Waals surface area contributed by atoms with Crippen LogP contribution in [0.3, 0.4) is 0 Å². The van der Waals surface area contributed by atoms with Crippen LogP contribution in [0.4, 0.5) is 0 Å². The molecule has 0 spiro atoms. The molecule has 39 heavy (non-hydrogen) atoms. The van der Waals surface area contributed by atoms with Crippen molar-refractivity contribution < 1.29 is 9.53 Å². The predicted octanol–water partition coefficient (Wildman–Crippen LogP) is 12.2. The minimum Gasteiger partial charge on any atom is -0.465 e. The van der Waals surface area contributed by atoms with E-state index in [1.54, 1.807) is 0 Å². The quantitative estimate of drug-likeness (QED) is 0.0777. The molecule has 0 N–H and O–H groups in total. The maximum atomic E-state index is 12.5. The maximum absolute atomic E-state index is 12.5. The number of hydrogen-bond donors (Lipinski definition) is 0. The van der Waals surface area contributed by atoms with Gasteiger partial charge in [-0.2, -0.15) is 0 Å². The van der Waals surface area contributed by atoms with Crippen molar-refractivity contribution in [3.63, 3.8) is 0 Å². The second kappa shape index (κ2) is 25.6. The van der Waals surface area contributed by atoms with Crippen molar-refractivity contribution in [3.8, 4) is 0 Å². The average Bonchev–Trinajstić information content (AvgIpc) is 2.95. The molecular formula is C37H66O2. The smallest absolute Gasteiger partial charge is 0.305 e. The number of aryl methyl sites for hydroxylation is 1. The number of unbranched alkanes of at least 4 members (excludes halogenated alkanes) is 18. The summed E-state index contributed by atoms with van der Waals surface area (Å²) in [5.41, 5.74) is 1.54. The van der Waals surface area contributed by atoms with Crippen LogP contribution in [0.25, 0.3) is 0 Å². The van der Waals surface area contributed by atoms with Crippen molar-refractivity contribution in [3.05, 3.63) is 35.9 Å². The van der Waals surface area contributed by atoms with Gasteiger partial charge in [-0.25, -0.2) is 0 Å². The highest BCUT2D eigenvalue weighted by atomic mass is 16.5. The van der Waals surface area contributed by atoms with E-state index in [0.29, 0.717) is 13.0 Å². The first-order valence-electron chi connectivity index (χ1n) is 17.3. The molecule has 0 amide bonds. The van der Waals surface area contributed by atoms with Gasteiger partial charge >= 0.3 is 5.97 Å². The maximum Gasteiger partial charge on any atom is 0.305 e. The van der Waals surface area contributed by atoms with E-state index in [9.17, 15) is 4.79 Å². The first-order chi connectivity index (χ1) is 19.1. The third-order valence-electron chi connectivity index (χ3n) is 8.54. The summed E-state index contributed by atoms with van der Waals surface area (Å²) in [6.45, 7) is 7.57. The highest BCUT2D eigenvalue weighted by Crippen LogP contribution is 2.32. The number of esters is 1. The third-order valence-corrected chi connectivity index (χ3v) is 8.54. The van der Waals surface area contributed by atoms with E-state index in [1.807, 2.05) is 0 Å². The Labute approximate surface area is 244 Å². The number of carbonyl (C=O) groups excluding carboxylic acids is 1. The molecular weight excluding hydrogens is 476 g/mol. The molecule has 0 heterocycles. The summed E-state index contributed by atoms with van der Waals surface area (Å²) in [5.74, 6) is 0.0138. The molecule has 1 atom stereocenters. The number of ether oxygens (including phenoxy) is 1. The van der Waals surface area contributed by atoms with Crippen molar-refractivity contribution in [2.24, 2.45) is 5.41 Å². The normalized spacial score (nSPS) is 12.9. The molecule has 1 aromatic rings. The second-order valence-electron chi connectivity index (χ2n) is 12.7. The Bertz CT molecular complexity index is 655. The van der Waals surface area contributed by atoms with E-state index in [2.05, 4.69) is 51.1 Å². The van der Waals surface area contributed by atoms with Crippen LogP contribution in [0, 0.1) is 5.41 Å². The van der Waals surface area contributed by atoms with Gasteiger partial charge in [0.05, 0.1) is 6.61 Å². The molecule has 0 radical (unpaired) electrons. The van der Waals surface area contributed by atoms with Crippen LogP contribution in [0.2, 0.25) is 0 Å². The van der Waals surface area contributed by atoms with Gasteiger partial charge in [0.1, 0.15) is 0 Å². The molecule has 0 aliphatic heterocycles. The molecule has 0 saturated heterocycles. The fraction of sp³-hybridized carbons (Fsp3) is 0.811. The SMILES string of the molecule is CCCCCCCCCCCCC(C)(CCCCCCCCCC)COC(=O)CCCCCc1ccccc1. The zero-order valence-corrected chi connectivity index (χ0v) is 26.6. The zero-order chi connectivity index (χ0) is 28.3. The van der Waals surface area contributed by atoms with Gasteiger partial charge in [0.15, 0.2) is 0 Å². The van der Waals surface area contributed by atoms with Crippen molar-refractivity contribution in [2.75, 3.05) is 6.61 Å². The van der Waals surface area contributed by atoms with Crippen molar-refractivity contribution in [1.82, 2.24) is 0 Å². The fourth-order valence-electron chi connectivity index (χ4n) is 5.74. The third kappa shape index (κ3) is 22.1. The van der Waals surface area contributed by atoms with Crippen LogP contribution in [0.5, 0.6) is 0 Å². The zero-order valence-electron chi connectivity index (χ0n) is 26.6. The Kier molecular flexibility index (Phi) is 23.5. The highest BCUT2D eigenvalue weighted by Gasteiger charge is 2.25. The molecule has 0 aromatic heterocycles. The number of rotatable bonds is 28. The molecule has 0 bridgehead atoms. The predicted molar refractivity (Wildman–Crippen MR) is 171 cm³/mol. The lowest BCUT2D eigenvalue weighted by atomic mass is 9.80. The van der Waals surface area contributed by atoms with Crippen LogP contribution in [0.15, 0.2) is 30.3 Å². The monoisotopic (exact) mass is 543 g/mol. The summed E-state index contributed by atoms with van der Waals surface area (Å²) >= 11 is 0. The van der Waals surface area contributed by atoms with Gasteiger partial charge in [-0.05, 0) is 37.7 Å². The molecule has 1 aromatic carbocycles. The summed E-state index contributed by atoms with van der Waals surface area (Å²) in [6.07, 6.45) is 31.9. The van der Waals surface area contributed by atoms with E-state index in [0.717, 1.165) is 25.7 Å². The lowest BCUT2D eigenvalue weighted by Crippen LogP contribution is -2.25. The minimum absolute atomic E-state index is 0.0138. The van der Waals surface area contributed by atoms with Crippen molar-refractivity contribution >= 4 is 5.97 Å². The van der Waals surface area contributed by atoms with Crippen LogP contribution in [-0.2, 0) is 16.0 Å². The lowest BCUT2D eigenvalue weighted by molar-refractivity contribution is -0.147. The van der Waals surface area contributed by atoms with Crippen LogP contribution >= 0.6 is 0 Å². The molecule has 0 aliphatic carbocycles. The van der Waals surface area contributed by atoms with Gasteiger partial charge in [-0.1, -0.05) is 173 Å². The Hall–Kier alpha value is -1.31. The molecule has 0 saturated carbocycles. The van der Waals surface area contributed by atoms with Gasteiger partial charge in [-0.15, -0.1) is 0 Å². The summed E-state index contributed by atoms with van der Waals surface area (Å²) < 4.78 is 5.90. The first-order valence-corrected chi connectivity index (χ1v) is 17.3. The standard InChI is InChI=1S/C37H66O2/c1-4-6-8-10-12-14-15-17-19-27-33-37(3,32-26-18-16-13-11-9-7-5-2)34-39-36(38)31-25-21-24-30-35-28-22-20-23-29-35/h20,22-23,28-29H,4-19,21,24-27,30-34H2,1-3H3. The highest BCUT2D eigenvalue weighted by molar-refractivity contribution is 5.69. The molecule has 1 unspecified atom stereocenters. The Morgan fingerprint density at radius 2 is 1.03 bits per heavy atom. The molecule has 2 heteroatoms. The van der Waals surface area contributed by atoms with Gasteiger partial charge in [-0.3, -0.25) is 4.79 Å². The molecule has 1 rings (SSSR count). The van der Waals surface area contributed by atoms with Crippen LogP contribution in [0.1, 0.15) is 180 Å². The number of benzene rings is 1. The molecule has 0 fully saturated rings. The number of hydrogen-bond acceptors (Lipinski definition) is 2. The van der Waals surface area contributed by atoms with Gasteiger partial charge in [0.2, 0.25) is 0 Å². The van der Waals surface area contributed by atoms with E-state index < -0.39 is 0 Å². The molecule has 2 nitrogen and oxygen atoms in total. The van der Waals surface area contributed by atoms with E-state index in [1.165, 1.54) is 134 Å². The topological polar surface area (TPSA) is 26.3 Å². The van der Waals surface area contributed by atoms with Crippen LogP contribution < -0.4 is 0 Å². The summed E-state index contributed by atoms with van der Waals surface area (Å²) in [7, 11) is 0. The second-order valence-corrected chi connectivity index (χ2v) is 12.7. The first kappa shape index (κ1) is 35.7. The van der Waals surface area contributed by atoms with Crippen LogP contribution in [-0.4, -0.2) is 12.6 Å². The molecule has 0 aliphatic rings. The van der Waals surface area contributed by atoms with Gasteiger partial charge < -0.3 is 4.74 Å². The Balaban J connectivity index is 2.28. The average molecular weight is 543 g/mol. The Morgan fingerprint density at radius 3 is 1.51 bits per heavy atom. The Morgan fingerprint density at radius 1 is 0.590 bits per heavy atom. The van der Waals surface area contributed by atoms with Crippen molar-refractivity contribution in [2.45, 2.75) is 181 Å². The van der Waals surface area contributed by atoms with Gasteiger partial charge in [0, 0.05) is 11.8 Å². The van der Waals surface area contributed by atoms with E-state index in [-0.39, 0.29) is 11.4 Å². The molecule has 226 valence electrons.